The van der Waals surface area contributed by atoms with Gasteiger partial charge in [0.05, 0.1) is 11.9 Å². The van der Waals surface area contributed by atoms with Crippen molar-refractivity contribution in [2.45, 2.75) is 46.0 Å². The molecule has 0 bridgehead atoms. The first-order valence-electron chi connectivity index (χ1n) is 6.99. The molecule has 2 aromatic rings. The first-order valence-corrected chi connectivity index (χ1v) is 6.99. The maximum absolute atomic E-state index is 12.1. The summed E-state index contributed by atoms with van der Waals surface area (Å²) in [5.74, 6) is 0.313. The van der Waals surface area contributed by atoms with Crippen molar-refractivity contribution in [2.75, 3.05) is 0 Å². The van der Waals surface area contributed by atoms with E-state index in [2.05, 4.69) is 51.9 Å². The summed E-state index contributed by atoms with van der Waals surface area (Å²) in [5.41, 5.74) is 3.04. The van der Waals surface area contributed by atoms with Gasteiger partial charge in [-0.25, -0.2) is 0 Å². The smallest absolute Gasteiger partial charge is 0.267 e. The minimum Gasteiger partial charge on any atom is -0.267 e. The molecule has 0 amide bonds. The minimum absolute atomic E-state index is 0.0836. The van der Waals surface area contributed by atoms with E-state index in [9.17, 15) is 4.79 Å². The van der Waals surface area contributed by atoms with Gasteiger partial charge in [0.2, 0.25) is 0 Å². The summed E-state index contributed by atoms with van der Waals surface area (Å²) in [4.78, 5) is 12.1. The predicted octanol–water partition coefficient (Wildman–Crippen LogP) is 3.65. The van der Waals surface area contributed by atoms with Crippen molar-refractivity contribution < 1.29 is 0 Å². The quantitative estimate of drug-likeness (QED) is 0.834. The van der Waals surface area contributed by atoms with Crippen molar-refractivity contribution >= 4 is 0 Å². The van der Waals surface area contributed by atoms with Gasteiger partial charge in [-0.1, -0.05) is 46.8 Å². The fourth-order valence-corrected chi connectivity index (χ4v) is 2.03. The Morgan fingerprint density at radius 1 is 1.10 bits per heavy atom. The number of rotatable bonds is 2. The van der Waals surface area contributed by atoms with Crippen LogP contribution in [0.1, 0.15) is 51.7 Å². The van der Waals surface area contributed by atoms with Gasteiger partial charge in [-0.2, -0.15) is 9.78 Å². The van der Waals surface area contributed by atoms with Gasteiger partial charge in [-0.3, -0.25) is 4.79 Å². The van der Waals surface area contributed by atoms with E-state index >= 15 is 0 Å². The van der Waals surface area contributed by atoms with Crippen LogP contribution in [-0.2, 0) is 5.41 Å². The van der Waals surface area contributed by atoms with Gasteiger partial charge in [-0.15, -0.1) is 0 Å². The molecule has 0 unspecified atom stereocenters. The molecule has 1 aromatic heterocycles. The molecule has 0 N–H and O–H groups in total. The third-order valence-electron chi connectivity index (χ3n) is 3.47. The zero-order valence-corrected chi connectivity index (χ0v) is 12.8. The molecule has 3 nitrogen and oxygen atoms in total. The van der Waals surface area contributed by atoms with Gasteiger partial charge < -0.3 is 0 Å². The van der Waals surface area contributed by atoms with Gasteiger partial charge in [-0.05, 0) is 34.6 Å². The van der Waals surface area contributed by atoms with E-state index in [1.54, 1.807) is 12.3 Å². The summed E-state index contributed by atoms with van der Waals surface area (Å²) >= 11 is 0. The Morgan fingerprint density at radius 3 is 2.15 bits per heavy atom. The van der Waals surface area contributed by atoms with Crippen LogP contribution in [0.15, 0.2) is 41.3 Å². The molecule has 0 saturated heterocycles. The van der Waals surface area contributed by atoms with Crippen molar-refractivity contribution in [3.63, 3.8) is 0 Å². The molecule has 0 aliphatic heterocycles. The van der Waals surface area contributed by atoms with E-state index in [1.807, 2.05) is 12.1 Å². The number of aromatic nitrogens is 2. The molecular weight excluding hydrogens is 248 g/mol. The van der Waals surface area contributed by atoms with E-state index in [-0.39, 0.29) is 11.0 Å². The molecular formula is C17H22N2O. The SMILES string of the molecule is CC(C)c1cnn(-c2ccc(C(C)(C)C)cc2)c(=O)c1. The Morgan fingerprint density at radius 2 is 1.70 bits per heavy atom. The second-order valence-corrected chi connectivity index (χ2v) is 6.49. The average Bonchev–Trinajstić information content (AvgIpc) is 2.37. The van der Waals surface area contributed by atoms with Crippen LogP contribution < -0.4 is 5.56 Å². The highest BCUT2D eigenvalue weighted by Crippen LogP contribution is 2.22. The number of hydrogen-bond donors (Lipinski definition) is 0. The van der Waals surface area contributed by atoms with Crippen LogP contribution in [0, 0.1) is 0 Å². The van der Waals surface area contributed by atoms with E-state index in [0.29, 0.717) is 5.92 Å². The second-order valence-electron chi connectivity index (χ2n) is 6.49. The summed E-state index contributed by atoms with van der Waals surface area (Å²) in [6.45, 7) is 10.6. The summed E-state index contributed by atoms with van der Waals surface area (Å²) in [6.07, 6.45) is 1.77. The van der Waals surface area contributed by atoms with Gasteiger partial charge >= 0.3 is 0 Å². The Labute approximate surface area is 120 Å². The normalized spacial score (nSPS) is 11.9. The molecule has 0 aliphatic carbocycles. The maximum Gasteiger partial charge on any atom is 0.271 e. The van der Waals surface area contributed by atoms with Gasteiger partial charge in [0.15, 0.2) is 0 Å². The molecule has 106 valence electrons. The first kappa shape index (κ1) is 14.5. The van der Waals surface area contributed by atoms with Crippen LogP contribution in [-0.4, -0.2) is 9.78 Å². The molecule has 0 spiro atoms. The Hall–Kier alpha value is -1.90. The first-order chi connectivity index (χ1) is 9.29. The second kappa shape index (κ2) is 5.23. The lowest BCUT2D eigenvalue weighted by molar-refractivity contribution is 0.590. The van der Waals surface area contributed by atoms with Gasteiger partial charge in [0.25, 0.3) is 5.56 Å². The predicted molar refractivity (Wildman–Crippen MR) is 82.6 cm³/mol. The molecule has 0 radical (unpaired) electrons. The molecule has 0 saturated carbocycles. The highest BCUT2D eigenvalue weighted by molar-refractivity contribution is 5.36. The molecule has 0 aliphatic rings. The molecule has 1 heterocycles. The zero-order valence-electron chi connectivity index (χ0n) is 12.8. The molecule has 1 aromatic carbocycles. The van der Waals surface area contributed by atoms with E-state index in [4.69, 9.17) is 0 Å². The molecule has 3 heteroatoms. The molecule has 0 atom stereocenters. The van der Waals surface area contributed by atoms with Crippen molar-refractivity contribution in [1.29, 1.82) is 0 Å². The van der Waals surface area contributed by atoms with Crippen molar-refractivity contribution in [2.24, 2.45) is 0 Å². The van der Waals surface area contributed by atoms with Crippen LogP contribution in [0.25, 0.3) is 5.69 Å². The van der Waals surface area contributed by atoms with Crippen LogP contribution in [0.4, 0.5) is 0 Å². The minimum atomic E-state index is -0.0836. The highest BCUT2D eigenvalue weighted by atomic mass is 16.1. The standard InChI is InChI=1S/C17H22N2O/c1-12(2)13-10-16(20)19(18-11-13)15-8-6-14(7-9-15)17(3,4)5/h6-12H,1-5H3. The Bertz CT molecular complexity index is 646. The van der Waals surface area contributed by atoms with E-state index < -0.39 is 0 Å². The van der Waals surface area contributed by atoms with Crippen molar-refractivity contribution in [3.8, 4) is 5.69 Å². The third-order valence-corrected chi connectivity index (χ3v) is 3.47. The Balaban J connectivity index is 2.40. The van der Waals surface area contributed by atoms with Crippen LogP contribution in [0.5, 0.6) is 0 Å². The topological polar surface area (TPSA) is 34.9 Å². The summed E-state index contributed by atoms with van der Waals surface area (Å²) in [7, 11) is 0. The summed E-state index contributed by atoms with van der Waals surface area (Å²) < 4.78 is 1.44. The average molecular weight is 270 g/mol. The number of nitrogens with zero attached hydrogens (tertiary/aromatic N) is 2. The molecule has 2 rings (SSSR count). The van der Waals surface area contributed by atoms with Gasteiger partial charge in [0.1, 0.15) is 0 Å². The fraction of sp³-hybridized carbons (Fsp3) is 0.412. The summed E-state index contributed by atoms with van der Waals surface area (Å²) in [5, 5.41) is 4.27. The lowest BCUT2D eigenvalue weighted by Crippen LogP contribution is -2.21. The van der Waals surface area contributed by atoms with Crippen LogP contribution in [0.2, 0.25) is 0 Å². The van der Waals surface area contributed by atoms with E-state index in [0.717, 1.165) is 11.3 Å². The third kappa shape index (κ3) is 2.98. The largest absolute Gasteiger partial charge is 0.271 e. The maximum atomic E-state index is 12.1. The lowest BCUT2D eigenvalue weighted by atomic mass is 9.87. The fourth-order valence-electron chi connectivity index (χ4n) is 2.03. The molecule has 20 heavy (non-hydrogen) atoms. The number of benzene rings is 1. The molecule has 0 fully saturated rings. The monoisotopic (exact) mass is 270 g/mol. The Kier molecular flexibility index (Phi) is 3.80. The van der Waals surface area contributed by atoms with Crippen LogP contribution >= 0.6 is 0 Å². The van der Waals surface area contributed by atoms with Crippen LogP contribution in [0.3, 0.4) is 0 Å². The highest BCUT2D eigenvalue weighted by Gasteiger charge is 2.13. The van der Waals surface area contributed by atoms with Gasteiger partial charge in [0, 0.05) is 6.07 Å². The van der Waals surface area contributed by atoms with Crippen molar-refractivity contribution in [3.05, 3.63) is 58.0 Å². The number of hydrogen-bond acceptors (Lipinski definition) is 2. The van der Waals surface area contributed by atoms with E-state index in [1.165, 1.54) is 10.2 Å². The lowest BCUT2D eigenvalue weighted by Gasteiger charge is -2.19. The zero-order chi connectivity index (χ0) is 14.9. The van der Waals surface area contributed by atoms with Crippen molar-refractivity contribution in [1.82, 2.24) is 9.78 Å². The summed E-state index contributed by atoms with van der Waals surface area (Å²) in [6, 6.07) is 9.67.